The average Bonchev–Trinajstić information content (AvgIpc) is 2.69. The number of carbonyl (C=O) groups is 1. The Morgan fingerprint density at radius 2 is 1.64 bits per heavy atom. The monoisotopic (exact) mass is 337 g/mol. The molecule has 2 aromatic rings. The molecule has 1 saturated heterocycles. The Morgan fingerprint density at radius 1 is 1.04 bits per heavy atom. The van der Waals surface area contributed by atoms with Gasteiger partial charge >= 0.3 is 0 Å². The highest BCUT2D eigenvalue weighted by atomic mass is 16.3. The van der Waals surface area contributed by atoms with E-state index in [-0.39, 0.29) is 11.8 Å². The van der Waals surface area contributed by atoms with Gasteiger partial charge in [-0.25, -0.2) is 0 Å². The summed E-state index contributed by atoms with van der Waals surface area (Å²) in [4.78, 5) is 14.5. The van der Waals surface area contributed by atoms with Gasteiger partial charge in [-0.2, -0.15) is 0 Å². The molecule has 3 heteroatoms. The van der Waals surface area contributed by atoms with Gasteiger partial charge in [0.2, 0.25) is 5.91 Å². The number of hydrogen-bond donors (Lipinski definition) is 1. The van der Waals surface area contributed by atoms with E-state index in [1.807, 2.05) is 35.2 Å². The quantitative estimate of drug-likeness (QED) is 0.902. The number of aliphatic hydroxyl groups is 1. The first-order chi connectivity index (χ1) is 12.2. The van der Waals surface area contributed by atoms with Crippen molar-refractivity contribution in [3.8, 4) is 0 Å². The number of aryl methyl sites for hydroxylation is 1. The lowest BCUT2D eigenvalue weighted by atomic mass is 9.87. The highest BCUT2D eigenvalue weighted by Gasteiger charge is 2.28. The minimum absolute atomic E-state index is 0.192. The van der Waals surface area contributed by atoms with Gasteiger partial charge in [-0.3, -0.25) is 4.79 Å². The lowest BCUT2D eigenvalue weighted by molar-refractivity contribution is -0.132. The molecule has 3 nitrogen and oxygen atoms in total. The fourth-order valence-corrected chi connectivity index (χ4v) is 3.57. The number of carbonyl (C=O) groups excluding carboxylic acids is 1. The molecular formula is C22H27NO2. The van der Waals surface area contributed by atoms with E-state index >= 15 is 0 Å². The minimum atomic E-state index is -0.431. The summed E-state index contributed by atoms with van der Waals surface area (Å²) in [6.07, 6.45) is 2.77. The van der Waals surface area contributed by atoms with Gasteiger partial charge < -0.3 is 10.0 Å². The maximum absolute atomic E-state index is 12.5. The van der Waals surface area contributed by atoms with E-state index in [9.17, 15) is 9.90 Å². The van der Waals surface area contributed by atoms with Crippen LogP contribution in [0, 0.1) is 5.92 Å². The zero-order chi connectivity index (χ0) is 17.6. The maximum Gasteiger partial charge on any atom is 0.226 e. The standard InChI is InChI=1S/C22H27NO2/c1-2-17-8-10-18(11-9-17)16-21(24)23-14-12-20(13-15-23)22(25)19-6-4-3-5-7-19/h3-11,20,22,25H,2,12-16H2,1H3. The van der Waals surface area contributed by atoms with E-state index in [0.29, 0.717) is 6.42 Å². The van der Waals surface area contributed by atoms with Gasteiger partial charge in [0.05, 0.1) is 12.5 Å². The number of piperidine rings is 1. The lowest BCUT2D eigenvalue weighted by Crippen LogP contribution is -2.40. The number of nitrogens with zero attached hydrogens (tertiary/aromatic N) is 1. The summed E-state index contributed by atoms with van der Waals surface area (Å²) in [5.41, 5.74) is 3.35. The number of amides is 1. The molecule has 25 heavy (non-hydrogen) atoms. The molecule has 1 atom stereocenters. The van der Waals surface area contributed by atoms with Gasteiger partial charge in [0.1, 0.15) is 0 Å². The van der Waals surface area contributed by atoms with Crippen LogP contribution in [-0.4, -0.2) is 29.0 Å². The average molecular weight is 337 g/mol. The fraction of sp³-hybridized carbons (Fsp3) is 0.409. The number of hydrogen-bond acceptors (Lipinski definition) is 2. The summed E-state index contributed by atoms with van der Waals surface area (Å²) >= 11 is 0. The van der Waals surface area contributed by atoms with Gasteiger partial charge in [-0.15, -0.1) is 0 Å². The van der Waals surface area contributed by atoms with Crippen molar-refractivity contribution in [2.75, 3.05) is 13.1 Å². The third-order valence-electron chi connectivity index (χ3n) is 5.27. The summed E-state index contributed by atoms with van der Waals surface area (Å²) < 4.78 is 0. The van der Waals surface area contributed by atoms with E-state index in [2.05, 4.69) is 31.2 Å². The molecule has 1 N–H and O–H groups in total. The van der Waals surface area contributed by atoms with Gasteiger partial charge in [0, 0.05) is 13.1 Å². The molecule has 1 amide bonds. The molecule has 2 aromatic carbocycles. The summed E-state index contributed by atoms with van der Waals surface area (Å²) in [6.45, 7) is 3.61. The zero-order valence-corrected chi connectivity index (χ0v) is 14.9. The normalized spacial score (nSPS) is 16.6. The van der Waals surface area contributed by atoms with E-state index in [0.717, 1.165) is 43.5 Å². The molecule has 1 heterocycles. The van der Waals surface area contributed by atoms with Gasteiger partial charge in [0.15, 0.2) is 0 Å². The van der Waals surface area contributed by atoms with Crippen LogP contribution in [0.5, 0.6) is 0 Å². The highest BCUT2D eigenvalue weighted by Crippen LogP contribution is 2.30. The molecule has 3 rings (SSSR count). The molecule has 1 aliphatic rings. The largest absolute Gasteiger partial charge is 0.388 e. The summed E-state index contributed by atoms with van der Waals surface area (Å²) in [5, 5.41) is 10.6. The second-order valence-electron chi connectivity index (χ2n) is 6.92. The lowest BCUT2D eigenvalue weighted by Gasteiger charge is -2.34. The second kappa shape index (κ2) is 8.30. The molecule has 0 saturated carbocycles. The summed E-state index contributed by atoms with van der Waals surface area (Å²) in [5.74, 6) is 0.423. The van der Waals surface area contributed by atoms with Crippen molar-refractivity contribution >= 4 is 5.91 Å². The smallest absolute Gasteiger partial charge is 0.226 e. The van der Waals surface area contributed by atoms with E-state index < -0.39 is 6.10 Å². The van der Waals surface area contributed by atoms with Crippen LogP contribution in [0.2, 0.25) is 0 Å². The molecular weight excluding hydrogens is 310 g/mol. The van der Waals surface area contributed by atoms with Crippen LogP contribution < -0.4 is 0 Å². The molecule has 1 unspecified atom stereocenters. The van der Waals surface area contributed by atoms with Gasteiger partial charge in [-0.1, -0.05) is 61.5 Å². The Kier molecular flexibility index (Phi) is 5.87. The van der Waals surface area contributed by atoms with Crippen molar-refractivity contribution in [2.45, 2.75) is 38.7 Å². The first kappa shape index (κ1) is 17.7. The van der Waals surface area contributed by atoms with Gasteiger partial charge in [0.25, 0.3) is 0 Å². The first-order valence-electron chi connectivity index (χ1n) is 9.26. The van der Waals surface area contributed by atoms with Crippen LogP contribution in [0.1, 0.15) is 42.6 Å². The molecule has 0 aliphatic carbocycles. The van der Waals surface area contributed by atoms with Crippen LogP contribution in [0.3, 0.4) is 0 Å². The second-order valence-corrected chi connectivity index (χ2v) is 6.92. The van der Waals surface area contributed by atoms with Crippen molar-refractivity contribution < 1.29 is 9.90 Å². The summed E-state index contributed by atoms with van der Waals surface area (Å²) in [6, 6.07) is 18.2. The molecule has 0 radical (unpaired) electrons. The van der Waals surface area contributed by atoms with Crippen molar-refractivity contribution in [3.05, 3.63) is 71.3 Å². The highest BCUT2D eigenvalue weighted by molar-refractivity contribution is 5.78. The van der Waals surface area contributed by atoms with Crippen molar-refractivity contribution in [1.82, 2.24) is 4.90 Å². The molecule has 0 spiro atoms. The van der Waals surface area contributed by atoms with E-state index in [1.165, 1.54) is 5.56 Å². The van der Waals surface area contributed by atoms with Crippen LogP contribution in [0.15, 0.2) is 54.6 Å². The Hall–Kier alpha value is -2.13. The van der Waals surface area contributed by atoms with Crippen molar-refractivity contribution in [1.29, 1.82) is 0 Å². The fourth-order valence-electron chi connectivity index (χ4n) is 3.57. The Bertz CT molecular complexity index is 673. The third-order valence-corrected chi connectivity index (χ3v) is 5.27. The SMILES string of the molecule is CCc1ccc(CC(=O)N2CCC(C(O)c3ccccc3)CC2)cc1. The Labute approximate surface area is 150 Å². The number of rotatable bonds is 5. The number of aliphatic hydroxyl groups excluding tert-OH is 1. The predicted molar refractivity (Wildman–Crippen MR) is 100 cm³/mol. The molecule has 1 fully saturated rings. The molecule has 0 bridgehead atoms. The van der Waals surface area contributed by atoms with Crippen LogP contribution in [0.4, 0.5) is 0 Å². The minimum Gasteiger partial charge on any atom is -0.388 e. The predicted octanol–water partition coefficient (Wildman–Crippen LogP) is 3.76. The Balaban J connectivity index is 1.52. The molecule has 132 valence electrons. The molecule has 0 aromatic heterocycles. The van der Waals surface area contributed by atoms with Crippen LogP contribution in [-0.2, 0) is 17.6 Å². The van der Waals surface area contributed by atoms with Crippen LogP contribution >= 0.6 is 0 Å². The maximum atomic E-state index is 12.5. The summed E-state index contributed by atoms with van der Waals surface area (Å²) in [7, 11) is 0. The number of likely N-dealkylation sites (tertiary alicyclic amines) is 1. The topological polar surface area (TPSA) is 40.5 Å². The van der Waals surface area contributed by atoms with E-state index in [1.54, 1.807) is 0 Å². The molecule has 1 aliphatic heterocycles. The zero-order valence-electron chi connectivity index (χ0n) is 14.9. The first-order valence-corrected chi connectivity index (χ1v) is 9.26. The third kappa shape index (κ3) is 4.49. The van der Waals surface area contributed by atoms with Crippen LogP contribution in [0.25, 0.3) is 0 Å². The van der Waals surface area contributed by atoms with Crippen molar-refractivity contribution in [2.24, 2.45) is 5.92 Å². The van der Waals surface area contributed by atoms with E-state index in [4.69, 9.17) is 0 Å². The number of benzene rings is 2. The van der Waals surface area contributed by atoms with Gasteiger partial charge in [-0.05, 0) is 41.9 Å². The van der Waals surface area contributed by atoms with Crippen molar-refractivity contribution in [3.63, 3.8) is 0 Å². The Morgan fingerprint density at radius 3 is 2.24 bits per heavy atom.